The molecule has 1 amide bonds. The van der Waals surface area contributed by atoms with Gasteiger partial charge in [-0.2, -0.15) is 5.26 Å². The van der Waals surface area contributed by atoms with Crippen molar-refractivity contribution in [3.63, 3.8) is 0 Å². The molecule has 1 saturated carbocycles. The molecule has 1 aromatic heterocycles. The highest BCUT2D eigenvalue weighted by Gasteiger charge is 2.36. The first-order chi connectivity index (χ1) is 12.5. The van der Waals surface area contributed by atoms with Gasteiger partial charge < -0.3 is 10.4 Å². The van der Waals surface area contributed by atoms with Crippen LogP contribution in [-0.2, 0) is 22.4 Å². The summed E-state index contributed by atoms with van der Waals surface area (Å²) in [6.45, 7) is 2.19. The molecule has 26 heavy (non-hydrogen) atoms. The number of carbonyl (C=O) groups is 2. The number of thiophene rings is 1. The molecule has 3 rings (SSSR count). The molecule has 6 heteroatoms. The quantitative estimate of drug-likeness (QED) is 0.801. The molecule has 0 aliphatic heterocycles. The Balaban J connectivity index is 1.78. The highest BCUT2D eigenvalue weighted by Crippen LogP contribution is 2.41. The Bertz CT molecular complexity index is 734. The van der Waals surface area contributed by atoms with Gasteiger partial charge in [-0.15, -0.1) is 11.3 Å². The third-order valence-electron chi connectivity index (χ3n) is 5.83. The number of amides is 1. The van der Waals surface area contributed by atoms with E-state index in [1.54, 1.807) is 0 Å². The number of anilines is 1. The summed E-state index contributed by atoms with van der Waals surface area (Å²) < 4.78 is 0. The first kappa shape index (κ1) is 18.9. The van der Waals surface area contributed by atoms with Crippen molar-refractivity contribution in [2.24, 2.45) is 17.8 Å². The van der Waals surface area contributed by atoms with Crippen LogP contribution in [0.2, 0.25) is 0 Å². The van der Waals surface area contributed by atoms with E-state index in [1.807, 2.05) is 0 Å². The average molecular weight is 375 g/mol. The third kappa shape index (κ3) is 3.78. The zero-order chi connectivity index (χ0) is 18.7. The van der Waals surface area contributed by atoms with Gasteiger partial charge in [0.2, 0.25) is 5.91 Å². The van der Waals surface area contributed by atoms with Crippen molar-refractivity contribution in [1.29, 1.82) is 5.26 Å². The first-order valence-electron chi connectivity index (χ1n) is 9.63. The number of rotatable bonds is 5. The number of hydrogen-bond donors (Lipinski definition) is 2. The first-order valence-corrected chi connectivity index (χ1v) is 10.4. The highest BCUT2D eigenvalue weighted by atomic mass is 32.1. The average Bonchev–Trinajstić information content (AvgIpc) is 2.98. The molecule has 1 fully saturated rings. The molecule has 0 aromatic carbocycles. The molecule has 1 heterocycles. The van der Waals surface area contributed by atoms with E-state index in [0.717, 1.165) is 37.7 Å². The molecule has 140 valence electrons. The van der Waals surface area contributed by atoms with Gasteiger partial charge >= 0.3 is 5.97 Å². The number of nitrogens with zero attached hydrogens (tertiary/aromatic N) is 1. The fourth-order valence-corrected chi connectivity index (χ4v) is 5.78. The summed E-state index contributed by atoms with van der Waals surface area (Å²) in [5.74, 6) is -1.58. The van der Waals surface area contributed by atoms with Gasteiger partial charge in [-0.25, -0.2) is 0 Å². The summed E-state index contributed by atoms with van der Waals surface area (Å²) >= 11 is 1.52. The molecule has 3 atom stereocenters. The Labute approximate surface area is 158 Å². The summed E-state index contributed by atoms with van der Waals surface area (Å²) in [6.07, 6.45) is 8.25. The monoisotopic (exact) mass is 374 g/mol. The molecule has 3 unspecified atom stereocenters. The number of aliphatic carboxylic acids is 1. The topological polar surface area (TPSA) is 90.2 Å². The largest absolute Gasteiger partial charge is 0.481 e. The summed E-state index contributed by atoms with van der Waals surface area (Å²) in [5.41, 5.74) is 1.69. The van der Waals surface area contributed by atoms with E-state index in [-0.39, 0.29) is 5.91 Å². The van der Waals surface area contributed by atoms with Crippen molar-refractivity contribution < 1.29 is 14.7 Å². The van der Waals surface area contributed by atoms with Gasteiger partial charge in [0.25, 0.3) is 0 Å². The Kier molecular flexibility index (Phi) is 5.98. The van der Waals surface area contributed by atoms with Crippen LogP contribution in [0.25, 0.3) is 0 Å². The summed E-state index contributed by atoms with van der Waals surface area (Å²) in [7, 11) is 0. The van der Waals surface area contributed by atoms with E-state index < -0.39 is 17.8 Å². The predicted molar refractivity (Wildman–Crippen MR) is 101 cm³/mol. The molecular formula is C20H26N2O3S. The van der Waals surface area contributed by atoms with Crippen LogP contribution in [-0.4, -0.2) is 17.0 Å². The molecule has 2 aliphatic carbocycles. The van der Waals surface area contributed by atoms with E-state index in [1.165, 1.54) is 29.1 Å². The maximum atomic E-state index is 12.8. The minimum absolute atomic E-state index is 0.239. The fourth-order valence-electron chi connectivity index (χ4n) is 4.46. The molecule has 2 aliphatic rings. The van der Waals surface area contributed by atoms with Gasteiger partial charge in [-0.05, 0) is 43.6 Å². The van der Waals surface area contributed by atoms with Crippen LogP contribution in [0, 0.1) is 29.1 Å². The molecule has 0 spiro atoms. The normalized spacial score (nSPS) is 25.2. The van der Waals surface area contributed by atoms with Crippen LogP contribution >= 0.6 is 11.3 Å². The molecule has 0 radical (unpaired) electrons. The molecule has 2 N–H and O–H groups in total. The van der Waals surface area contributed by atoms with Gasteiger partial charge in [0.15, 0.2) is 0 Å². The third-order valence-corrected chi connectivity index (χ3v) is 7.00. The summed E-state index contributed by atoms with van der Waals surface area (Å²) in [4.78, 5) is 25.4. The number of fused-ring (bicyclic) bond motifs is 1. The maximum Gasteiger partial charge on any atom is 0.307 e. The minimum atomic E-state index is -0.891. The lowest BCUT2D eigenvalue weighted by Crippen LogP contribution is -2.36. The predicted octanol–water partition coefficient (Wildman–Crippen LogP) is 4.35. The number of nitrogens with one attached hydrogen (secondary N) is 1. The van der Waals surface area contributed by atoms with Crippen molar-refractivity contribution in [2.75, 3.05) is 5.32 Å². The summed E-state index contributed by atoms with van der Waals surface area (Å²) in [6, 6.07) is 2.27. The van der Waals surface area contributed by atoms with Crippen molar-refractivity contribution in [3.05, 3.63) is 16.0 Å². The SMILES string of the molecule is CCCC1CCc2c(sc(NC(=O)C3CCCCC3C(=O)O)c2C#N)C1. The number of hydrogen-bond acceptors (Lipinski definition) is 4. The maximum absolute atomic E-state index is 12.8. The van der Waals surface area contributed by atoms with E-state index in [9.17, 15) is 20.0 Å². The zero-order valence-corrected chi connectivity index (χ0v) is 16.0. The van der Waals surface area contributed by atoms with Crippen molar-refractivity contribution in [1.82, 2.24) is 0 Å². The lowest BCUT2D eigenvalue weighted by Gasteiger charge is -2.27. The smallest absolute Gasteiger partial charge is 0.307 e. The number of carbonyl (C=O) groups excluding carboxylic acids is 1. The Hall–Kier alpha value is -1.87. The number of carboxylic acids is 1. The van der Waals surface area contributed by atoms with Crippen LogP contribution in [0.15, 0.2) is 0 Å². The molecule has 1 aromatic rings. The van der Waals surface area contributed by atoms with Crippen LogP contribution in [0.4, 0.5) is 5.00 Å². The Morgan fingerprint density at radius 3 is 2.65 bits per heavy atom. The van der Waals surface area contributed by atoms with E-state index in [4.69, 9.17) is 0 Å². The lowest BCUT2D eigenvalue weighted by molar-refractivity contribution is -0.147. The Morgan fingerprint density at radius 2 is 2.00 bits per heavy atom. The van der Waals surface area contributed by atoms with Crippen LogP contribution < -0.4 is 5.32 Å². The Morgan fingerprint density at radius 1 is 1.27 bits per heavy atom. The number of carboxylic acid groups (broad SMARTS) is 1. The van der Waals surface area contributed by atoms with Crippen LogP contribution in [0.3, 0.4) is 0 Å². The lowest BCUT2D eigenvalue weighted by atomic mass is 9.78. The van der Waals surface area contributed by atoms with Gasteiger partial charge in [0.05, 0.1) is 17.4 Å². The molecule has 0 saturated heterocycles. The van der Waals surface area contributed by atoms with E-state index >= 15 is 0 Å². The van der Waals surface area contributed by atoms with Crippen molar-refractivity contribution >= 4 is 28.2 Å². The molecule has 5 nitrogen and oxygen atoms in total. The van der Waals surface area contributed by atoms with Gasteiger partial charge in [0.1, 0.15) is 11.1 Å². The van der Waals surface area contributed by atoms with Gasteiger partial charge in [-0.3, -0.25) is 9.59 Å². The number of nitriles is 1. The fraction of sp³-hybridized carbons (Fsp3) is 0.650. The highest BCUT2D eigenvalue weighted by molar-refractivity contribution is 7.16. The van der Waals surface area contributed by atoms with E-state index in [0.29, 0.717) is 29.3 Å². The summed E-state index contributed by atoms with van der Waals surface area (Å²) in [5, 5.41) is 22.5. The van der Waals surface area contributed by atoms with Crippen LogP contribution in [0.5, 0.6) is 0 Å². The molecular weight excluding hydrogens is 348 g/mol. The standard InChI is InChI=1S/C20H26N2O3S/c1-2-5-12-8-9-13-16(11-21)19(26-17(13)10-12)22-18(23)14-6-3-4-7-15(14)20(24)25/h12,14-15H,2-10H2,1H3,(H,22,23)(H,24,25). The van der Waals surface area contributed by atoms with E-state index in [2.05, 4.69) is 18.3 Å². The van der Waals surface area contributed by atoms with Gasteiger partial charge in [-0.1, -0.05) is 32.6 Å². The van der Waals surface area contributed by atoms with Crippen LogP contribution in [0.1, 0.15) is 67.9 Å². The van der Waals surface area contributed by atoms with Crippen molar-refractivity contribution in [2.45, 2.75) is 64.7 Å². The molecule has 0 bridgehead atoms. The zero-order valence-electron chi connectivity index (χ0n) is 15.2. The van der Waals surface area contributed by atoms with Gasteiger partial charge in [0, 0.05) is 4.88 Å². The minimum Gasteiger partial charge on any atom is -0.481 e. The second-order valence-corrected chi connectivity index (χ2v) is 8.65. The second kappa shape index (κ2) is 8.22. The van der Waals surface area contributed by atoms with Crippen molar-refractivity contribution in [3.8, 4) is 6.07 Å². The second-order valence-electron chi connectivity index (χ2n) is 7.54.